The molecule has 0 bridgehead atoms. The van der Waals surface area contributed by atoms with Crippen molar-refractivity contribution in [1.82, 2.24) is 0 Å². The quantitative estimate of drug-likeness (QED) is 0.571. The highest BCUT2D eigenvalue weighted by Crippen LogP contribution is 2.13. The van der Waals surface area contributed by atoms with Crippen LogP contribution in [0, 0.1) is 0 Å². The van der Waals surface area contributed by atoms with E-state index in [0.29, 0.717) is 0 Å². The van der Waals surface area contributed by atoms with E-state index in [2.05, 4.69) is 0 Å². The Morgan fingerprint density at radius 1 is 0.842 bits per heavy atom. The van der Waals surface area contributed by atoms with Gasteiger partial charge in [0.05, 0.1) is 0 Å². The highest BCUT2D eigenvalue weighted by Gasteiger charge is 1.86. The summed E-state index contributed by atoms with van der Waals surface area (Å²) < 4.78 is 0. The molecular formula is C15H14O4. The highest BCUT2D eigenvalue weighted by molar-refractivity contribution is 5.85. The molecule has 0 aliphatic heterocycles. The molecule has 2 aromatic carbocycles. The number of carboxylic acids is 1. The Balaban J connectivity index is 0.000000200. The predicted octanol–water partition coefficient (Wildman–Crippen LogP) is 2.88. The van der Waals surface area contributed by atoms with Crippen LogP contribution < -0.4 is 0 Å². The molecule has 2 rings (SSSR count). The zero-order valence-corrected chi connectivity index (χ0v) is 10.1. The number of hydrogen-bond donors (Lipinski definition) is 3. The molecular weight excluding hydrogens is 244 g/mol. The number of carbonyl (C=O) groups is 1. The average molecular weight is 258 g/mol. The Morgan fingerprint density at radius 2 is 1.32 bits per heavy atom. The molecule has 0 amide bonds. The lowest BCUT2D eigenvalue weighted by Gasteiger charge is -1.88. The second-order valence-electron chi connectivity index (χ2n) is 3.60. The molecule has 19 heavy (non-hydrogen) atoms. The summed E-state index contributed by atoms with van der Waals surface area (Å²) >= 11 is 0. The smallest absolute Gasteiger partial charge is 0.328 e. The lowest BCUT2D eigenvalue weighted by molar-refractivity contribution is -0.131. The molecule has 0 aromatic heterocycles. The fraction of sp³-hybridized carbons (Fsp3) is 0. The second kappa shape index (κ2) is 7.55. The van der Waals surface area contributed by atoms with E-state index in [0.717, 1.165) is 11.6 Å². The van der Waals surface area contributed by atoms with Crippen LogP contribution in [-0.4, -0.2) is 21.3 Å². The van der Waals surface area contributed by atoms with E-state index in [4.69, 9.17) is 15.3 Å². The number of aromatic hydroxyl groups is 2. The van der Waals surface area contributed by atoms with Crippen LogP contribution in [0.2, 0.25) is 0 Å². The number of carboxylic acid groups (broad SMARTS) is 1. The fourth-order valence-corrected chi connectivity index (χ4v) is 1.18. The molecule has 2 aromatic rings. The first-order valence-corrected chi connectivity index (χ1v) is 5.52. The zero-order valence-electron chi connectivity index (χ0n) is 10.1. The molecule has 0 fully saturated rings. The molecule has 0 atom stereocenters. The largest absolute Gasteiger partial charge is 0.508 e. The number of phenolic OH excluding ortho intramolecular Hbond substituents is 2. The summed E-state index contributed by atoms with van der Waals surface area (Å²) in [6, 6.07) is 15.0. The lowest BCUT2D eigenvalue weighted by atomic mass is 10.2. The number of benzene rings is 2. The summed E-state index contributed by atoms with van der Waals surface area (Å²) in [5.41, 5.74) is 0.898. The van der Waals surface area contributed by atoms with Crippen LogP contribution in [-0.2, 0) is 4.79 Å². The molecule has 0 unspecified atom stereocenters. The van der Waals surface area contributed by atoms with Gasteiger partial charge in [0.25, 0.3) is 0 Å². The van der Waals surface area contributed by atoms with Gasteiger partial charge in [0.15, 0.2) is 0 Å². The van der Waals surface area contributed by atoms with Gasteiger partial charge in [-0.05, 0) is 35.9 Å². The third-order valence-electron chi connectivity index (χ3n) is 2.07. The van der Waals surface area contributed by atoms with Crippen LogP contribution in [0.1, 0.15) is 5.56 Å². The Morgan fingerprint density at radius 3 is 1.74 bits per heavy atom. The van der Waals surface area contributed by atoms with Gasteiger partial charge < -0.3 is 15.3 Å². The fourth-order valence-electron chi connectivity index (χ4n) is 1.18. The lowest BCUT2D eigenvalue weighted by Crippen LogP contribution is -1.85. The van der Waals surface area contributed by atoms with Gasteiger partial charge in [0, 0.05) is 6.08 Å². The monoisotopic (exact) mass is 258 g/mol. The summed E-state index contributed by atoms with van der Waals surface area (Å²) in [6.45, 7) is 0. The third kappa shape index (κ3) is 6.53. The summed E-state index contributed by atoms with van der Waals surface area (Å²) in [7, 11) is 0. The van der Waals surface area contributed by atoms with Crippen LogP contribution in [0.3, 0.4) is 0 Å². The minimum Gasteiger partial charge on any atom is -0.508 e. The molecule has 0 aliphatic rings. The summed E-state index contributed by atoms with van der Waals surface area (Å²) in [5, 5.41) is 25.6. The first kappa shape index (κ1) is 14.3. The van der Waals surface area contributed by atoms with E-state index >= 15 is 0 Å². The highest BCUT2D eigenvalue weighted by atomic mass is 16.4. The van der Waals surface area contributed by atoms with Gasteiger partial charge in [-0.15, -0.1) is 0 Å². The van der Waals surface area contributed by atoms with Crippen LogP contribution >= 0.6 is 0 Å². The maximum absolute atomic E-state index is 10.1. The molecule has 98 valence electrons. The van der Waals surface area contributed by atoms with E-state index < -0.39 is 5.97 Å². The Labute approximate surface area is 110 Å². The van der Waals surface area contributed by atoms with Crippen molar-refractivity contribution in [3.63, 3.8) is 0 Å². The first-order chi connectivity index (χ1) is 9.08. The SMILES string of the molecule is O=C(O)/C=C/c1ccccc1.Oc1ccc(O)cc1. The maximum atomic E-state index is 10.1. The molecule has 0 spiro atoms. The van der Waals surface area contributed by atoms with E-state index in [1.807, 2.05) is 30.3 Å². The van der Waals surface area contributed by atoms with Gasteiger partial charge in [0.1, 0.15) is 11.5 Å². The Hall–Kier alpha value is -2.75. The Kier molecular flexibility index (Phi) is 5.69. The first-order valence-electron chi connectivity index (χ1n) is 5.52. The van der Waals surface area contributed by atoms with E-state index in [-0.39, 0.29) is 11.5 Å². The van der Waals surface area contributed by atoms with Crippen LogP contribution in [0.15, 0.2) is 60.7 Å². The molecule has 4 nitrogen and oxygen atoms in total. The minimum absolute atomic E-state index is 0.169. The van der Waals surface area contributed by atoms with Crippen molar-refractivity contribution in [2.75, 3.05) is 0 Å². The molecule has 0 saturated carbocycles. The van der Waals surface area contributed by atoms with Crippen molar-refractivity contribution in [3.05, 3.63) is 66.2 Å². The average Bonchev–Trinajstić information content (AvgIpc) is 2.42. The van der Waals surface area contributed by atoms with Gasteiger partial charge in [-0.25, -0.2) is 4.79 Å². The number of rotatable bonds is 2. The third-order valence-corrected chi connectivity index (χ3v) is 2.07. The van der Waals surface area contributed by atoms with E-state index in [1.54, 1.807) is 6.08 Å². The summed E-state index contributed by atoms with van der Waals surface area (Å²) in [4.78, 5) is 10.1. The zero-order chi connectivity index (χ0) is 14.1. The van der Waals surface area contributed by atoms with Crippen molar-refractivity contribution in [2.45, 2.75) is 0 Å². The van der Waals surface area contributed by atoms with Gasteiger partial charge >= 0.3 is 5.97 Å². The number of hydrogen-bond acceptors (Lipinski definition) is 3. The topological polar surface area (TPSA) is 77.8 Å². The van der Waals surface area contributed by atoms with Gasteiger partial charge in [-0.2, -0.15) is 0 Å². The van der Waals surface area contributed by atoms with Crippen molar-refractivity contribution >= 4 is 12.0 Å². The van der Waals surface area contributed by atoms with Crippen molar-refractivity contribution < 1.29 is 20.1 Å². The normalized spacial score (nSPS) is 9.68. The second-order valence-corrected chi connectivity index (χ2v) is 3.60. The number of aliphatic carboxylic acids is 1. The van der Waals surface area contributed by atoms with Crippen LogP contribution in [0.4, 0.5) is 0 Å². The molecule has 0 saturated heterocycles. The minimum atomic E-state index is -0.922. The van der Waals surface area contributed by atoms with Crippen LogP contribution in [0.5, 0.6) is 11.5 Å². The van der Waals surface area contributed by atoms with Gasteiger partial charge in [-0.3, -0.25) is 0 Å². The van der Waals surface area contributed by atoms with Crippen LogP contribution in [0.25, 0.3) is 6.08 Å². The summed E-state index contributed by atoms with van der Waals surface area (Å²) in [6.07, 6.45) is 2.68. The van der Waals surface area contributed by atoms with Gasteiger partial charge in [-0.1, -0.05) is 30.3 Å². The molecule has 0 radical (unpaired) electrons. The summed E-state index contributed by atoms with van der Waals surface area (Å²) in [5.74, 6) is -0.584. The maximum Gasteiger partial charge on any atom is 0.328 e. The molecule has 0 heterocycles. The standard InChI is InChI=1S/C9H8O2.C6H6O2/c10-9(11)7-6-8-4-2-1-3-5-8;7-5-1-2-6(8)4-3-5/h1-7H,(H,10,11);1-4,7-8H/b7-6+;. The molecule has 4 heteroatoms. The molecule has 0 aliphatic carbocycles. The van der Waals surface area contributed by atoms with E-state index in [1.165, 1.54) is 24.3 Å². The predicted molar refractivity (Wildman–Crippen MR) is 72.9 cm³/mol. The van der Waals surface area contributed by atoms with Gasteiger partial charge in [0.2, 0.25) is 0 Å². The van der Waals surface area contributed by atoms with Crippen molar-refractivity contribution in [2.24, 2.45) is 0 Å². The Bertz CT molecular complexity index is 509. The number of phenols is 2. The van der Waals surface area contributed by atoms with E-state index in [9.17, 15) is 4.79 Å². The molecule has 3 N–H and O–H groups in total. The van der Waals surface area contributed by atoms with Crippen molar-refractivity contribution in [1.29, 1.82) is 0 Å². The van der Waals surface area contributed by atoms with Crippen molar-refractivity contribution in [3.8, 4) is 11.5 Å².